The molecule has 1 aliphatic heterocycles. The molecule has 0 spiro atoms. The Morgan fingerprint density at radius 3 is 3.07 bits per heavy atom. The Kier molecular flexibility index (Phi) is 4.75. The highest BCUT2D eigenvalue weighted by Crippen LogP contribution is 2.23. The minimum absolute atomic E-state index is 0.00891. The van der Waals surface area contributed by atoms with Crippen LogP contribution in [-0.4, -0.2) is 46.8 Å². The van der Waals surface area contributed by atoms with Gasteiger partial charge >= 0.3 is 0 Å². The van der Waals surface area contributed by atoms with Gasteiger partial charge in [0.1, 0.15) is 11.3 Å². The molecule has 148 valence electrons. The van der Waals surface area contributed by atoms with Crippen LogP contribution in [0.5, 0.6) is 0 Å². The molecule has 1 amide bonds. The van der Waals surface area contributed by atoms with Gasteiger partial charge in [-0.25, -0.2) is 0 Å². The number of H-pyrrole nitrogens is 1. The predicted molar refractivity (Wildman–Crippen MR) is 111 cm³/mol. The first-order chi connectivity index (χ1) is 14.2. The van der Waals surface area contributed by atoms with Crippen LogP contribution in [-0.2, 0) is 16.1 Å². The van der Waals surface area contributed by atoms with Crippen molar-refractivity contribution >= 4 is 33.5 Å². The van der Waals surface area contributed by atoms with E-state index >= 15 is 0 Å². The van der Waals surface area contributed by atoms with Crippen molar-refractivity contribution in [2.24, 2.45) is 0 Å². The fraction of sp³-hybridized carbons (Fsp3) is 0.273. The molecule has 3 heterocycles. The van der Waals surface area contributed by atoms with E-state index in [4.69, 9.17) is 9.15 Å². The molecule has 0 unspecified atom stereocenters. The number of aromatic amines is 1. The number of carbonyl (C=O) groups is 1. The molecule has 0 aliphatic carbocycles. The standard InChI is InChI=1S/C22H22N4O3/c27-22(24-17-5-6-20-16(9-17)12-23-25-20)11-18-14-28-8-7-26(18)13-19-10-15-3-1-2-4-21(15)29-19/h1-6,9-10,12,18H,7-8,11,13-14H2,(H,23,25)(H,24,27)/t18-/m0/s1. The number of morpholine rings is 1. The Morgan fingerprint density at radius 2 is 2.14 bits per heavy atom. The maximum absolute atomic E-state index is 12.7. The summed E-state index contributed by atoms with van der Waals surface area (Å²) >= 11 is 0. The number of furan rings is 1. The van der Waals surface area contributed by atoms with Gasteiger partial charge in [0.25, 0.3) is 0 Å². The minimum Gasteiger partial charge on any atom is -0.460 e. The van der Waals surface area contributed by atoms with Crippen molar-refractivity contribution in [1.29, 1.82) is 0 Å². The summed E-state index contributed by atoms with van der Waals surface area (Å²) in [6, 6.07) is 15.8. The van der Waals surface area contributed by atoms with Crippen LogP contribution in [0.2, 0.25) is 0 Å². The number of rotatable bonds is 5. The lowest BCUT2D eigenvalue weighted by Gasteiger charge is -2.34. The van der Waals surface area contributed by atoms with Crippen molar-refractivity contribution in [1.82, 2.24) is 15.1 Å². The number of aromatic nitrogens is 2. The number of carbonyl (C=O) groups excluding carboxylic acids is 1. The van der Waals surface area contributed by atoms with Gasteiger partial charge in [0.2, 0.25) is 5.91 Å². The van der Waals surface area contributed by atoms with E-state index in [2.05, 4.69) is 26.5 Å². The zero-order valence-electron chi connectivity index (χ0n) is 15.9. The first kappa shape index (κ1) is 17.9. The second kappa shape index (κ2) is 7.69. The van der Waals surface area contributed by atoms with Crippen molar-refractivity contribution in [2.75, 3.05) is 25.1 Å². The number of para-hydroxylation sites is 1. The number of nitrogens with one attached hydrogen (secondary N) is 2. The molecule has 1 atom stereocenters. The third-order valence-corrected chi connectivity index (χ3v) is 5.33. The highest BCUT2D eigenvalue weighted by atomic mass is 16.5. The summed E-state index contributed by atoms with van der Waals surface area (Å²) in [5.74, 6) is 0.877. The van der Waals surface area contributed by atoms with Crippen LogP contribution >= 0.6 is 0 Å². The van der Waals surface area contributed by atoms with Gasteiger partial charge in [-0.3, -0.25) is 14.8 Å². The Bertz CT molecular complexity index is 1120. The van der Waals surface area contributed by atoms with Crippen LogP contribution in [0.1, 0.15) is 12.2 Å². The largest absolute Gasteiger partial charge is 0.460 e. The molecular weight excluding hydrogens is 368 g/mol. The van der Waals surface area contributed by atoms with Crippen LogP contribution in [0.25, 0.3) is 21.9 Å². The molecular formula is C22H22N4O3. The molecule has 0 bridgehead atoms. The normalized spacial score (nSPS) is 17.7. The number of hydrogen-bond donors (Lipinski definition) is 2. The molecule has 29 heavy (non-hydrogen) atoms. The zero-order valence-corrected chi connectivity index (χ0v) is 15.9. The summed E-state index contributed by atoms with van der Waals surface area (Å²) in [6.07, 6.45) is 2.11. The first-order valence-corrected chi connectivity index (χ1v) is 9.77. The highest BCUT2D eigenvalue weighted by Gasteiger charge is 2.26. The summed E-state index contributed by atoms with van der Waals surface area (Å²) in [6.45, 7) is 2.64. The molecule has 1 fully saturated rings. The van der Waals surface area contributed by atoms with E-state index in [0.717, 1.165) is 39.9 Å². The lowest BCUT2D eigenvalue weighted by atomic mass is 10.1. The third kappa shape index (κ3) is 3.87. The molecule has 1 saturated heterocycles. The van der Waals surface area contributed by atoms with E-state index in [1.807, 2.05) is 42.5 Å². The molecule has 0 radical (unpaired) electrons. The Balaban J connectivity index is 1.26. The number of nitrogens with zero attached hydrogens (tertiary/aromatic N) is 2. The van der Waals surface area contributed by atoms with Gasteiger partial charge in [-0.15, -0.1) is 0 Å². The Labute approximate surface area is 167 Å². The van der Waals surface area contributed by atoms with Gasteiger partial charge < -0.3 is 14.5 Å². The summed E-state index contributed by atoms with van der Waals surface area (Å²) in [4.78, 5) is 14.9. The molecule has 7 nitrogen and oxygen atoms in total. The van der Waals surface area contributed by atoms with Crippen molar-refractivity contribution in [3.8, 4) is 0 Å². The molecule has 2 aromatic heterocycles. The average molecular weight is 390 g/mol. The Morgan fingerprint density at radius 1 is 1.21 bits per heavy atom. The SMILES string of the molecule is O=C(C[C@H]1COCCN1Cc1cc2ccccc2o1)Nc1ccc2[nH]ncc2c1. The van der Waals surface area contributed by atoms with Gasteiger partial charge in [0, 0.05) is 35.5 Å². The lowest BCUT2D eigenvalue weighted by Crippen LogP contribution is -2.46. The van der Waals surface area contributed by atoms with Crippen molar-refractivity contribution < 1.29 is 13.9 Å². The van der Waals surface area contributed by atoms with Crippen LogP contribution in [0, 0.1) is 0 Å². The van der Waals surface area contributed by atoms with Gasteiger partial charge in [-0.05, 0) is 30.3 Å². The zero-order chi connectivity index (χ0) is 19.6. The smallest absolute Gasteiger partial charge is 0.226 e. The van der Waals surface area contributed by atoms with Crippen LogP contribution in [0.15, 0.2) is 59.1 Å². The molecule has 7 heteroatoms. The third-order valence-electron chi connectivity index (χ3n) is 5.33. The molecule has 5 rings (SSSR count). The minimum atomic E-state index is -0.0297. The van der Waals surface area contributed by atoms with Crippen LogP contribution in [0.3, 0.4) is 0 Å². The monoisotopic (exact) mass is 390 g/mol. The first-order valence-electron chi connectivity index (χ1n) is 9.77. The van der Waals surface area contributed by atoms with E-state index in [-0.39, 0.29) is 11.9 Å². The Hall–Kier alpha value is -3.16. The molecule has 4 aromatic rings. The summed E-state index contributed by atoms with van der Waals surface area (Å²) in [5, 5.41) is 12.0. The van der Waals surface area contributed by atoms with Gasteiger partial charge in [-0.1, -0.05) is 18.2 Å². The lowest BCUT2D eigenvalue weighted by molar-refractivity contribution is -0.119. The summed E-state index contributed by atoms with van der Waals surface area (Å²) in [5.41, 5.74) is 2.60. The number of hydrogen-bond acceptors (Lipinski definition) is 5. The van der Waals surface area contributed by atoms with E-state index in [1.54, 1.807) is 6.20 Å². The summed E-state index contributed by atoms with van der Waals surface area (Å²) in [7, 11) is 0. The second-order valence-electron chi connectivity index (χ2n) is 7.37. The van der Waals surface area contributed by atoms with Crippen molar-refractivity contribution in [3.63, 3.8) is 0 Å². The average Bonchev–Trinajstić information content (AvgIpc) is 3.35. The molecule has 2 aromatic carbocycles. The fourth-order valence-electron chi connectivity index (χ4n) is 3.85. The molecule has 1 aliphatic rings. The number of anilines is 1. The maximum atomic E-state index is 12.7. The van der Waals surface area contributed by atoms with E-state index in [0.29, 0.717) is 26.2 Å². The van der Waals surface area contributed by atoms with E-state index < -0.39 is 0 Å². The van der Waals surface area contributed by atoms with Gasteiger partial charge in [0.15, 0.2) is 0 Å². The topological polar surface area (TPSA) is 83.4 Å². The summed E-state index contributed by atoms with van der Waals surface area (Å²) < 4.78 is 11.6. The van der Waals surface area contributed by atoms with E-state index in [9.17, 15) is 4.79 Å². The van der Waals surface area contributed by atoms with Crippen LogP contribution < -0.4 is 5.32 Å². The predicted octanol–water partition coefficient (Wildman–Crippen LogP) is 3.54. The van der Waals surface area contributed by atoms with Crippen LogP contribution in [0.4, 0.5) is 5.69 Å². The second-order valence-corrected chi connectivity index (χ2v) is 7.37. The van der Waals surface area contributed by atoms with Crippen molar-refractivity contribution in [3.05, 3.63) is 60.5 Å². The van der Waals surface area contributed by atoms with E-state index in [1.165, 1.54) is 0 Å². The highest BCUT2D eigenvalue weighted by molar-refractivity contribution is 5.93. The quantitative estimate of drug-likeness (QED) is 0.545. The molecule has 2 N–H and O–H groups in total. The number of fused-ring (bicyclic) bond motifs is 2. The molecule has 0 saturated carbocycles. The maximum Gasteiger partial charge on any atom is 0.226 e. The van der Waals surface area contributed by atoms with Crippen molar-refractivity contribution in [2.45, 2.75) is 19.0 Å². The number of amides is 1. The van der Waals surface area contributed by atoms with Gasteiger partial charge in [-0.2, -0.15) is 5.10 Å². The number of benzene rings is 2. The fourth-order valence-corrected chi connectivity index (χ4v) is 3.85. The van der Waals surface area contributed by atoms with Gasteiger partial charge in [0.05, 0.1) is 31.5 Å². The number of ether oxygens (including phenoxy) is 1.